The smallest absolute Gasteiger partial charge is 0.119 e. The molecule has 0 radical (unpaired) electrons. The van der Waals surface area contributed by atoms with Crippen molar-refractivity contribution in [2.24, 2.45) is 0 Å². The van der Waals surface area contributed by atoms with Crippen molar-refractivity contribution in [3.63, 3.8) is 0 Å². The van der Waals surface area contributed by atoms with Gasteiger partial charge >= 0.3 is 0 Å². The molecule has 19 heavy (non-hydrogen) atoms. The lowest BCUT2D eigenvalue weighted by atomic mass is 10.2. The fourth-order valence-corrected chi connectivity index (χ4v) is 1.97. The second kappa shape index (κ2) is 9.62. The van der Waals surface area contributed by atoms with E-state index in [0.717, 1.165) is 31.9 Å². The third-order valence-corrected chi connectivity index (χ3v) is 3.16. The quantitative estimate of drug-likeness (QED) is 0.465. The Bertz CT molecular complexity index is 345. The van der Waals surface area contributed by atoms with Gasteiger partial charge in [-0.15, -0.1) is 6.58 Å². The molecule has 106 valence electrons. The van der Waals surface area contributed by atoms with Gasteiger partial charge in [0.2, 0.25) is 0 Å². The molecule has 2 heteroatoms. The maximum absolute atomic E-state index is 5.70. The highest BCUT2D eigenvalue weighted by Crippen LogP contribution is 2.12. The summed E-state index contributed by atoms with van der Waals surface area (Å²) in [6.45, 7) is 8.80. The average Bonchev–Trinajstić information content (AvgIpc) is 2.40. The van der Waals surface area contributed by atoms with Crippen LogP contribution in [0.2, 0.25) is 0 Å². The average molecular weight is 261 g/mol. The lowest BCUT2D eigenvalue weighted by molar-refractivity contribution is 0.300. The van der Waals surface area contributed by atoms with E-state index in [1.165, 1.54) is 24.8 Å². The predicted molar refractivity (Wildman–Crippen MR) is 82.8 cm³/mol. The monoisotopic (exact) mass is 261 g/mol. The predicted octanol–water partition coefficient (Wildman–Crippen LogP) is 4.05. The number of hydrogen-bond donors (Lipinski definition) is 0. The van der Waals surface area contributed by atoms with Gasteiger partial charge in [-0.1, -0.05) is 36.6 Å². The maximum Gasteiger partial charge on any atom is 0.119 e. The number of rotatable bonds is 10. The zero-order valence-electron chi connectivity index (χ0n) is 12.4. The summed E-state index contributed by atoms with van der Waals surface area (Å²) in [5, 5.41) is 0. The van der Waals surface area contributed by atoms with Crippen molar-refractivity contribution in [1.29, 1.82) is 0 Å². The topological polar surface area (TPSA) is 12.5 Å². The first-order chi connectivity index (χ1) is 9.22. The van der Waals surface area contributed by atoms with Gasteiger partial charge in [-0.2, -0.15) is 0 Å². The molecular weight excluding hydrogens is 234 g/mol. The molecule has 0 atom stereocenters. The van der Waals surface area contributed by atoms with Gasteiger partial charge in [0.05, 0.1) is 6.61 Å². The van der Waals surface area contributed by atoms with Crippen molar-refractivity contribution >= 4 is 0 Å². The molecule has 0 aliphatic heterocycles. The van der Waals surface area contributed by atoms with Crippen LogP contribution in [0, 0.1) is 6.92 Å². The van der Waals surface area contributed by atoms with E-state index >= 15 is 0 Å². The zero-order valence-corrected chi connectivity index (χ0v) is 12.4. The number of hydrogen-bond acceptors (Lipinski definition) is 2. The van der Waals surface area contributed by atoms with Gasteiger partial charge in [0.15, 0.2) is 0 Å². The Labute approximate surface area is 118 Å². The van der Waals surface area contributed by atoms with Crippen LogP contribution in [-0.2, 0) is 0 Å². The molecule has 0 N–H and O–H groups in total. The highest BCUT2D eigenvalue weighted by molar-refractivity contribution is 5.26. The second-order valence-electron chi connectivity index (χ2n) is 5.13. The number of aryl methyl sites for hydroxylation is 1. The SMILES string of the molecule is C=CCN(C)CCCCCCOc1ccc(C)cc1. The van der Waals surface area contributed by atoms with Crippen LogP contribution in [0.1, 0.15) is 31.2 Å². The van der Waals surface area contributed by atoms with Crippen molar-refractivity contribution in [2.45, 2.75) is 32.6 Å². The molecule has 0 saturated heterocycles. The van der Waals surface area contributed by atoms with Crippen molar-refractivity contribution in [3.05, 3.63) is 42.5 Å². The van der Waals surface area contributed by atoms with Gasteiger partial charge < -0.3 is 9.64 Å². The zero-order chi connectivity index (χ0) is 13.9. The van der Waals surface area contributed by atoms with Gasteiger partial charge in [-0.05, 0) is 45.5 Å². The van der Waals surface area contributed by atoms with Crippen LogP contribution < -0.4 is 4.74 Å². The van der Waals surface area contributed by atoms with Crippen molar-refractivity contribution in [2.75, 3.05) is 26.7 Å². The number of likely N-dealkylation sites (N-methyl/N-ethyl adjacent to an activating group) is 1. The Kier molecular flexibility index (Phi) is 7.99. The van der Waals surface area contributed by atoms with Crippen molar-refractivity contribution < 1.29 is 4.74 Å². The molecule has 1 aromatic carbocycles. The molecule has 0 aliphatic rings. The maximum atomic E-state index is 5.70. The molecule has 0 aliphatic carbocycles. The number of unbranched alkanes of at least 4 members (excludes halogenated alkanes) is 3. The van der Waals surface area contributed by atoms with E-state index in [1.807, 2.05) is 18.2 Å². The standard InChI is InChI=1S/C17H27NO/c1-4-13-18(3)14-7-5-6-8-15-19-17-11-9-16(2)10-12-17/h4,9-12H,1,5-8,13-15H2,2-3H3. The summed E-state index contributed by atoms with van der Waals surface area (Å²) in [4.78, 5) is 2.30. The van der Waals surface area contributed by atoms with Gasteiger partial charge in [-0.3, -0.25) is 0 Å². The van der Waals surface area contributed by atoms with Crippen LogP contribution >= 0.6 is 0 Å². The highest BCUT2D eigenvalue weighted by Gasteiger charge is 1.96. The molecule has 0 unspecified atom stereocenters. The fourth-order valence-electron chi connectivity index (χ4n) is 1.97. The summed E-state index contributed by atoms with van der Waals surface area (Å²) >= 11 is 0. The highest BCUT2D eigenvalue weighted by atomic mass is 16.5. The molecular formula is C17H27NO. The number of ether oxygens (including phenoxy) is 1. The molecule has 1 rings (SSSR count). The van der Waals surface area contributed by atoms with Crippen LogP contribution in [0.4, 0.5) is 0 Å². The number of benzene rings is 1. The van der Waals surface area contributed by atoms with Gasteiger partial charge in [0.1, 0.15) is 5.75 Å². The van der Waals surface area contributed by atoms with E-state index in [2.05, 4.69) is 37.6 Å². The first-order valence-electron chi connectivity index (χ1n) is 7.21. The van der Waals surface area contributed by atoms with Crippen LogP contribution in [-0.4, -0.2) is 31.6 Å². The summed E-state index contributed by atoms with van der Waals surface area (Å²) in [5.74, 6) is 0.983. The van der Waals surface area contributed by atoms with E-state index < -0.39 is 0 Å². The molecule has 0 aromatic heterocycles. The van der Waals surface area contributed by atoms with E-state index in [4.69, 9.17) is 4.74 Å². The molecule has 1 aromatic rings. The van der Waals surface area contributed by atoms with Crippen LogP contribution in [0.15, 0.2) is 36.9 Å². The summed E-state index contributed by atoms with van der Waals surface area (Å²) in [6.07, 6.45) is 6.87. The second-order valence-corrected chi connectivity index (χ2v) is 5.13. The largest absolute Gasteiger partial charge is 0.494 e. The Morgan fingerprint density at radius 2 is 1.79 bits per heavy atom. The minimum Gasteiger partial charge on any atom is -0.494 e. The first kappa shape index (κ1) is 15.8. The molecule has 0 bridgehead atoms. The molecule has 0 fully saturated rings. The molecule has 0 saturated carbocycles. The van der Waals surface area contributed by atoms with E-state index in [-0.39, 0.29) is 0 Å². The molecule has 0 heterocycles. The Morgan fingerprint density at radius 3 is 2.47 bits per heavy atom. The summed E-state index contributed by atoms with van der Waals surface area (Å²) in [7, 11) is 2.14. The molecule has 0 spiro atoms. The van der Waals surface area contributed by atoms with Crippen molar-refractivity contribution in [3.8, 4) is 5.75 Å². The number of nitrogens with zero attached hydrogens (tertiary/aromatic N) is 1. The summed E-state index contributed by atoms with van der Waals surface area (Å²) in [5.41, 5.74) is 1.27. The Morgan fingerprint density at radius 1 is 1.11 bits per heavy atom. The van der Waals surface area contributed by atoms with Gasteiger partial charge in [0.25, 0.3) is 0 Å². The van der Waals surface area contributed by atoms with E-state index in [0.29, 0.717) is 0 Å². The molecule has 0 amide bonds. The van der Waals surface area contributed by atoms with E-state index in [9.17, 15) is 0 Å². The molecule has 2 nitrogen and oxygen atoms in total. The van der Waals surface area contributed by atoms with Crippen LogP contribution in [0.3, 0.4) is 0 Å². The minimum atomic E-state index is 0.825. The van der Waals surface area contributed by atoms with Gasteiger partial charge in [0, 0.05) is 6.54 Å². The third kappa shape index (κ3) is 7.68. The van der Waals surface area contributed by atoms with Gasteiger partial charge in [-0.25, -0.2) is 0 Å². The first-order valence-corrected chi connectivity index (χ1v) is 7.21. The fraction of sp³-hybridized carbons (Fsp3) is 0.529. The van der Waals surface area contributed by atoms with Crippen LogP contribution in [0.25, 0.3) is 0 Å². The lowest BCUT2D eigenvalue weighted by Crippen LogP contribution is -2.19. The van der Waals surface area contributed by atoms with Crippen molar-refractivity contribution in [1.82, 2.24) is 4.90 Å². The lowest BCUT2D eigenvalue weighted by Gasteiger charge is -2.13. The third-order valence-electron chi connectivity index (χ3n) is 3.16. The summed E-state index contributed by atoms with van der Waals surface area (Å²) in [6, 6.07) is 8.26. The Hall–Kier alpha value is -1.28. The van der Waals surface area contributed by atoms with E-state index in [1.54, 1.807) is 0 Å². The Balaban J connectivity index is 1.96. The summed E-state index contributed by atoms with van der Waals surface area (Å²) < 4.78 is 5.70. The normalized spacial score (nSPS) is 10.7. The minimum absolute atomic E-state index is 0.825. The van der Waals surface area contributed by atoms with Crippen LogP contribution in [0.5, 0.6) is 5.75 Å².